The van der Waals surface area contributed by atoms with Crippen LogP contribution >= 0.6 is 0 Å². The van der Waals surface area contributed by atoms with E-state index in [2.05, 4.69) is 50.3 Å². The predicted molar refractivity (Wildman–Crippen MR) is 307 cm³/mol. The van der Waals surface area contributed by atoms with Crippen molar-refractivity contribution >= 4 is 11.9 Å². The van der Waals surface area contributed by atoms with Gasteiger partial charge in [-0.15, -0.1) is 0 Å². The van der Waals surface area contributed by atoms with Crippen LogP contribution in [0.4, 0.5) is 0 Å². The van der Waals surface area contributed by atoms with Crippen molar-refractivity contribution in [3.8, 4) is 0 Å². The quantitative estimate of drug-likeness (QED) is 0.0373. The van der Waals surface area contributed by atoms with Crippen molar-refractivity contribution in [2.75, 3.05) is 13.2 Å². The lowest BCUT2D eigenvalue weighted by molar-refractivity contribution is -0.161. The zero-order valence-corrected chi connectivity index (χ0v) is 47.3. The minimum atomic E-state index is -0.771. The van der Waals surface area contributed by atoms with Gasteiger partial charge in [0.2, 0.25) is 0 Å². The Morgan fingerprint density at radius 2 is 0.571 bits per heavy atom. The van der Waals surface area contributed by atoms with Crippen molar-refractivity contribution < 1.29 is 24.2 Å². The molecule has 1 unspecified atom stereocenters. The summed E-state index contributed by atoms with van der Waals surface area (Å²) in [4.78, 5) is 24.6. The molecule has 0 heterocycles. The maximum absolute atomic E-state index is 12.3. The van der Waals surface area contributed by atoms with Gasteiger partial charge in [0.05, 0.1) is 6.61 Å². The highest BCUT2D eigenvalue weighted by Crippen LogP contribution is 2.18. The topological polar surface area (TPSA) is 72.8 Å². The first kappa shape index (κ1) is 68.1. The van der Waals surface area contributed by atoms with Crippen LogP contribution in [0.15, 0.2) is 36.5 Å². The van der Waals surface area contributed by atoms with Gasteiger partial charge in [-0.2, -0.15) is 0 Å². The van der Waals surface area contributed by atoms with E-state index < -0.39 is 6.10 Å². The fourth-order valence-electron chi connectivity index (χ4n) is 9.64. The second-order valence-corrected chi connectivity index (χ2v) is 21.5. The Kier molecular flexibility index (Phi) is 59.8. The molecule has 0 aromatic carbocycles. The summed E-state index contributed by atoms with van der Waals surface area (Å²) in [6, 6.07) is 0. The molecule has 0 bridgehead atoms. The van der Waals surface area contributed by atoms with E-state index in [9.17, 15) is 14.7 Å². The van der Waals surface area contributed by atoms with Gasteiger partial charge in [-0.3, -0.25) is 9.59 Å². The van der Waals surface area contributed by atoms with Crippen LogP contribution in [-0.4, -0.2) is 36.4 Å². The molecule has 0 radical (unpaired) electrons. The average Bonchev–Trinajstić information content (AvgIpc) is 3.36. The molecule has 0 rings (SSSR count). The lowest BCUT2D eigenvalue weighted by atomic mass is 10.0. The molecular formula is C65H122O5. The van der Waals surface area contributed by atoms with Crippen molar-refractivity contribution in [2.45, 2.75) is 354 Å². The molecule has 412 valence electrons. The predicted octanol–water partition coefficient (Wildman–Crippen LogP) is 21.4. The Bertz CT molecular complexity index is 1110. The summed E-state index contributed by atoms with van der Waals surface area (Å²) in [6.07, 6.45) is 80.1. The van der Waals surface area contributed by atoms with Crippen molar-refractivity contribution in [3.63, 3.8) is 0 Å². The maximum Gasteiger partial charge on any atom is 0.306 e. The van der Waals surface area contributed by atoms with E-state index in [1.165, 1.54) is 276 Å². The summed E-state index contributed by atoms with van der Waals surface area (Å²) in [5, 5.41) is 9.68. The second-order valence-electron chi connectivity index (χ2n) is 21.5. The fourth-order valence-corrected chi connectivity index (χ4v) is 9.64. The van der Waals surface area contributed by atoms with E-state index in [0.717, 1.165) is 44.9 Å². The minimum absolute atomic E-state index is 0.0611. The number of esters is 2. The van der Waals surface area contributed by atoms with Gasteiger partial charge >= 0.3 is 11.9 Å². The molecule has 70 heavy (non-hydrogen) atoms. The van der Waals surface area contributed by atoms with Crippen LogP contribution in [0.25, 0.3) is 0 Å². The number of allylic oxidation sites excluding steroid dienone is 6. The van der Waals surface area contributed by atoms with Gasteiger partial charge in [0.25, 0.3) is 0 Å². The first-order valence-electron chi connectivity index (χ1n) is 31.5. The smallest absolute Gasteiger partial charge is 0.306 e. The minimum Gasteiger partial charge on any atom is -0.462 e. The summed E-state index contributed by atoms with van der Waals surface area (Å²) in [6.45, 7) is 4.18. The Labute approximate surface area is 437 Å². The van der Waals surface area contributed by atoms with Gasteiger partial charge in [0.1, 0.15) is 6.61 Å². The first-order chi connectivity index (χ1) is 34.6. The molecule has 0 aliphatic carbocycles. The fraction of sp³-hybridized carbons (Fsp3) is 0.877. The van der Waals surface area contributed by atoms with Crippen LogP contribution in [0, 0.1) is 0 Å². The molecule has 5 nitrogen and oxygen atoms in total. The van der Waals surface area contributed by atoms with Crippen LogP contribution in [0.2, 0.25) is 0 Å². The van der Waals surface area contributed by atoms with Gasteiger partial charge in [0.15, 0.2) is 6.10 Å². The summed E-state index contributed by atoms with van der Waals surface area (Å²) >= 11 is 0. The summed E-state index contributed by atoms with van der Waals surface area (Å²) in [7, 11) is 0. The average molecular weight is 984 g/mol. The van der Waals surface area contributed by atoms with E-state index in [1.807, 2.05) is 0 Å². The molecule has 1 atom stereocenters. The normalized spacial score (nSPS) is 12.3. The van der Waals surface area contributed by atoms with Crippen molar-refractivity contribution in [1.82, 2.24) is 0 Å². The standard InChI is InChI=1S/C65H122O5/c1-3-5-7-9-11-13-15-17-19-21-23-25-27-29-30-31-32-33-34-36-37-39-41-43-45-47-49-51-53-55-57-59-64(67)69-62-63(61-66)70-65(68)60-58-56-54-52-50-48-46-44-42-40-38-35-28-26-24-22-20-18-16-14-12-10-8-6-4-2/h16,18,21-24,63,66H,3-15,17,19-20,25-62H2,1-2H3/b18-16-,23-21-,24-22-. The first-order valence-corrected chi connectivity index (χ1v) is 31.5. The van der Waals surface area contributed by atoms with Crippen LogP contribution in [0.3, 0.4) is 0 Å². The van der Waals surface area contributed by atoms with Crippen LogP contribution in [0.1, 0.15) is 348 Å². The van der Waals surface area contributed by atoms with Gasteiger partial charge in [-0.05, 0) is 70.6 Å². The Morgan fingerprint density at radius 1 is 0.329 bits per heavy atom. The number of carbonyl (C=O) groups excluding carboxylic acids is 2. The third kappa shape index (κ3) is 58.7. The molecule has 0 spiro atoms. The van der Waals surface area contributed by atoms with E-state index in [0.29, 0.717) is 12.8 Å². The van der Waals surface area contributed by atoms with Crippen molar-refractivity contribution in [1.29, 1.82) is 0 Å². The SMILES string of the molecule is CCCCCCC/C=C\C/C=C\CCCCCCCCCCCCCCCC(=O)OC(CO)COC(=O)CCCCCCCCCCCCCCCCCCCCC/C=C\CCCCCCCCCC. The Hall–Kier alpha value is -1.88. The van der Waals surface area contributed by atoms with E-state index in [1.54, 1.807) is 0 Å². The zero-order chi connectivity index (χ0) is 50.6. The third-order valence-electron chi connectivity index (χ3n) is 14.4. The van der Waals surface area contributed by atoms with Crippen LogP contribution in [0.5, 0.6) is 0 Å². The summed E-state index contributed by atoms with van der Waals surface area (Å²) in [5.41, 5.74) is 0. The van der Waals surface area contributed by atoms with Crippen LogP contribution in [-0.2, 0) is 19.1 Å². The van der Waals surface area contributed by atoms with Gasteiger partial charge in [-0.1, -0.05) is 301 Å². The number of carbonyl (C=O) groups is 2. The van der Waals surface area contributed by atoms with Gasteiger partial charge < -0.3 is 14.6 Å². The molecule has 1 N–H and O–H groups in total. The number of hydrogen-bond donors (Lipinski definition) is 1. The Balaban J connectivity index is 3.41. The molecule has 5 heteroatoms. The number of hydrogen-bond acceptors (Lipinski definition) is 5. The highest BCUT2D eigenvalue weighted by atomic mass is 16.6. The molecular weight excluding hydrogens is 861 g/mol. The van der Waals surface area contributed by atoms with Crippen LogP contribution < -0.4 is 0 Å². The largest absolute Gasteiger partial charge is 0.462 e. The highest BCUT2D eigenvalue weighted by Gasteiger charge is 2.16. The Morgan fingerprint density at radius 3 is 0.857 bits per heavy atom. The highest BCUT2D eigenvalue weighted by molar-refractivity contribution is 5.70. The molecule has 0 aromatic heterocycles. The van der Waals surface area contributed by atoms with Crippen molar-refractivity contribution in [2.24, 2.45) is 0 Å². The summed E-state index contributed by atoms with van der Waals surface area (Å²) < 4.78 is 10.7. The number of aliphatic hydroxyl groups is 1. The molecule has 0 amide bonds. The van der Waals surface area contributed by atoms with E-state index in [-0.39, 0.29) is 25.2 Å². The molecule has 0 aliphatic rings. The third-order valence-corrected chi connectivity index (χ3v) is 14.4. The number of rotatable bonds is 59. The molecule has 0 fully saturated rings. The molecule has 0 saturated heterocycles. The van der Waals surface area contributed by atoms with Gasteiger partial charge in [-0.25, -0.2) is 0 Å². The van der Waals surface area contributed by atoms with E-state index >= 15 is 0 Å². The monoisotopic (exact) mass is 983 g/mol. The lowest BCUT2D eigenvalue weighted by Crippen LogP contribution is -2.28. The molecule has 0 aromatic rings. The van der Waals surface area contributed by atoms with E-state index in [4.69, 9.17) is 9.47 Å². The lowest BCUT2D eigenvalue weighted by Gasteiger charge is -2.15. The van der Waals surface area contributed by atoms with Gasteiger partial charge in [0, 0.05) is 12.8 Å². The van der Waals surface area contributed by atoms with Crippen molar-refractivity contribution in [3.05, 3.63) is 36.5 Å². The number of ether oxygens (including phenoxy) is 2. The number of aliphatic hydroxyl groups excluding tert-OH is 1. The zero-order valence-electron chi connectivity index (χ0n) is 47.3. The summed E-state index contributed by atoms with van der Waals surface area (Å²) in [5.74, 6) is -0.572. The molecule has 0 saturated carbocycles. The number of unbranched alkanes of at least 4 members (excludes halogenated alkanes) is 45. The molecule has 0 aliphatic heterocycles. The second kappa shape index (κ2) is 61.4. The maximum atomic E-state index is 12.3.